The number of rotatable bonds is 11. The monoisotopic (exact) mass is 494 g/mol. The molecule has 0 N–H and O–H groups in total. The molecular formula is C19H20F2O7S3. The van der Waals surface area contributed by atoms with E-state index in [-0.39, 0.29) is 16.7 Å². The molecule has 31 heavy (non-hydrogen) atoms. The van der Waals surface area contributed by atoms with Gasteiger partial charge in [0.1, 0.15) is 17.4 Å². The number of halogens is 2. The van der Waals surface area contributed by atoms with Crippen molar-refractivity contribution >= 4 is 29.8 Å². The normalized spacial score (nSPS) is 12.6. The zero-order chi connectivity index (χ0) is 23.3. The van der Waals surface area contributed by atoms with Crippen molar-refractivity contribution in [1.82, 2.24) is 0 Å². The summed E-state index contributed by atoms with van der Waals surface area (Å²) in [6.45, 7) is 2.48. The summed E-state index contributed by atoms with van der Waals surface area (Å²) in [7, 11) is -11.7. The first-order chi connectivity index (χ1) is 14.3. The summed E-state index contributed by atoms with van der Waals surface area (Å²) in [5.41, 5.74) is 0.185. The molecule has 0 saturated carbocycles. The van der Waals surface area contributed by atoms with Gasteiger partial charge in [0, 0.05) is 5.41 Å². The molecule has 0 bridgehead atoms. The first-order valence-electron chi connectivity index (χ1n) is 8.75. The van der Waals surface area contributed by atoms with Crippen molar-refractivity contribution in [3.8, 4) is 0 Å². The van der Waals surface area contributed by atoms with Crippen LogP contribution >= 0.6 is 0 Å². The molecule has 2 aromatic carbocycles. The van der Waals surface area contributed by atoms with Crippen LogP contribution in [-0.4, -0.2) is 37.6 Å². The Morgan fingerprint density at radius 1 is 0.806 bits per heavy atom. The average Bonchev–Trinajstić information content (AvgIpc) is 2.59. The zero-order valence-electron chi connectivity index (χ0n) is 16.2. The fourth-order valence-electron chi connectivity index (χ4n) is 2.66. The molecule has 0 spiro atoms. The standard InChI is InChI=1S/C19H20F2O7S3/c1-2-29(22,23)13-16-8-17(11-19(21)10-16)14-31(26,27)28-6-7-30(24,25)12-15-4-3-5-18(20)9-15/h2-5,8-11H,1,6-7,12-14H2. The van der Waals surface area contributed by atoms with E-state index in [1.54, 1.807) is 0 Å². The third-order valence-electron chi connectivity index (χ3n) is 3.92. The van der Waals surface area contributed by atoms with Crippen molar-refractivity contribution in [2.75, 3.05) is 12.4 Å². The van der Waals surface area contributed by atoms with Crippen LogP contribution < -0.4 is 0 Å². The van der Waals surface area contributed by atoms with Crippen molar-refractivity contribution in [1.29, 1.82) is 0 Å². The average molecular weight is 495 g/mol. The Hall–Kier alpha value is -2.15. The van der Waals surface area contributed by atoms with Gasteiger partial charge in [0.05, 0.1) is 23.9 Å². The minimum atomic E-state index is -4.28. The van der Waals surface area contributed by atoms with Gasteiger partial charge in [-0.1, -0.05) is 24.8 Å². The lowest BCUT2D eigenvalue weighted by molar-refractivity contribution is 0.338. The maximum atomic E-state index is 13.8. The number of sulfone groups is 2. The van der Waals surface area contributed by atoms with E-state index in [0.29, 0.717) is 5.41 Å². The second kappa shape index (κ2) is 9.98. The number of hydrogen-bond acceptors (Lipinski definition) is 7. The van der Waals surface area contributed by atoms with E-state index in [1.807, 2.05) is 0 Å². The summed E-state index contributed by atoms with van der Waals surface area (Å²) in [6, 6.07) is 8.06. The van der Waals surface area contributed by atoms with Gasteiger partial charge in [-0.2, -0.15) is 8.42 Å². The largest absolute Gasteiger partial charge is 0.271 e. The minimum Gasteiger partial charge on any atom is -0.269 e. The van der Waals surface area contributed by atoms with Crippen LogP contribution in [0.4, 0.5) is 8.78 Å². The van der Waals surface area contributed by atoms with Crippen LogP contribution in [0, 0.1) is 11.6 Å². The molecule has 0 fully saturated rings. The van der Waals surface area contributed by atoms with E-state index < -0.39 is 71.0 Å². The summed E-state index contributed by atoms with van der Waals surface area (Å²) in [6.07, 6.45) is 0. The van der Waals surface area contributed by atoms with Crippen molar-refractivity contribution in [3.05, 3.63) is 82.8 Å². The Labute approximate surface area is 180 Å². The predicted octanol–water partition coefficient (Wildman–Crippen LogP) is 2.48. The van der Waals surface area contributed by atoms with E-state index >= 15 is 0 Å². The van der Waals surface area contributed by atoms with Crippen LogP contribution in [0.25, 0.3) is 0 Å². The Balaban J connectivity index is 2.00. The Morgan fingerprint density at radius 2 is 1.42 bits per heavy atom. The molecule has 0 amide bonds. The minimum absolute atomic E-state index is 0.0303. The summed E-state index contributed by atoms with van der Waals surface area (Å²) in [4.78, 5) is 0. The molecule has 0 atom stereocenters. The molecule has 12 heteroatoms. The van der Waals surface area contributed by atoms with Gasteiger partial charge in [-0.3, -0.25) is 4.18 Å². The third-order valence-corrected chi connectivity index (χ3v) is 7.93. The van der Waals surface area contributed by atoms with E-state index in [9.17, 15) is 34.0 Å². The highest BCUT2D eigenvalue weighted by molar-refractivity contribution is 7.93. The number of hydrogen-bond donors (Lipinski definition) is 0. The van der Waals surface area contributed by atoms with E-state index in [4.69, 9.17) is 4.18 Å². The van der Waals surface area contributed by atoms with E-state index in [1.165, 1.54) is 18.2 Å². The summed E-state index contributed by atoms with van der Waals surface area (Å²) >= 11 is 0. The highest BCUT2D eigenvalue weighted by Gasteiger charge is 2.19. The Kier molecular flexibility index (Phi) is 8.09. The van der Waals surface area contributed by atoms with Gasteiger partial charge in [0.25, 0.3) is 10.1 Å². The lowest BCUT2D eigenvalue weighted by atomic mass is 10.1. The van der Waals surface area contributed by atoms with Gasteiger partial charge in [0.2, 0.25) is 0 Å². The van der Waals surface area contributed by atoms with Gasteiger partial charge < -0.3 is 0 Å². The molecule has 0 aliphatic rings. The molecule has 7 nitrogen and oxygen atoms in total. The fraction of sp³-hybridized carbons (Fsp3) is 0.263. The molecule has 0 aromatic heterocycles. The highest BCUT2D eigenvalue weighted by Crippen LogP contribution is 2.16. The Morgan fingerprint density at radius 3 is 2.03 bits per heavy atom. The molecule has 2 aromatic rings. The van der Waals surface area contributed by atoms with Crippen LogP contribution in [0.2, 0.25) is 0 Å². The van der Waals surface area contributed by atoms with Gasteiger partial charge in [-0.25, -0.2) is 25.6 Å². The second-order valence-electron chi connectivity index (χ2n) is 6.69. The van der Waals surface area contributed by atoms with Gasteiger partial charge >= 0.3 is 0 Å². The van der Waals surface area contributed by atoms with Crippen molar-refractivity contribution < 1.29 is 38.2 Å². The van der Waals surface area contributed by atoms with Crippen LogP contribution in [0.15, 0.2) is 54.5 Å². The molecule has 0 saturated heterocycles. The quantitative estimate of drug-likeness (QED) is 0.441. The smallest absolute Gasteiger partial charge is 0.269 e. The van der Waals surface area contributed by atoms with Crippen molar-refractivity contribution in [3.63, 3.8) is 0 Å². The van der Waals surface area contributed by atoms with Crippen molar-refractivity contribution in [2.45, 2.75) is 17.3 Å². The van der Waals surface area contributed by atoms with Crippen molar-refractivity contribution in [2.24, 2.45) is 0 Å². The molecule has 0 radical (unpaired) electrons. The van der Waals surface area contributed by atoms with Crippen LogP contribution in [0.3, 0.4) is 0 Å². The summed E-state index contributed by atoms with van der Waals surface area (Å²) in [5.74, 6) is -3.88. The topological polar surface area (TPSA) is 112 Å². The Bertz CT molecular complexity index is 1270. The number of benzene rings is 2. The van der Waals surface area contributed by atoms with E-state index in [0.717, 1.165) is 24.3 Å². The van der Waals surface area contributed by atoms with Gasteiger partial charge in [-0.15, -0.1) is 0 Å². The zero-order valence-corrected chi connectivity index (χ0v) is 18.6. The predicted molar refractivity (Wildman–Crippen MR) is 112 cm³/mol. The van der Waals surface area contributed by atoms with Crippen LogP contribution in [0.1, 0.15) is 16.7 Å². The summed E-state index contributed by atoms with van der Waals surface area (Å²) in [5, 5.41) is 0.710. The molecule has 0 heterocycles. The van der Waals surface area contributed by atoms with Crippen LogP contribution in [-0.2, 0) is 51.2 Å². The first kappa shape index (κ1) is 25.1. The molecular weight excluding hydrogens is 474 g/mol. The molecule has 170 valence electrons. The maximum Gasteiger partial charge on any atom is 0.271 e. The highest BCUT2D eigenvalue weighted by atomic mass is 32.2. The van der Waals surface area contributed by atoms with E-state index in [2.05, 4.69) is 6.58 Å². The van der Waals surface area contributed by atoms with Gasteiger partial charge in [0.15, 0.2) is 19.7 Å². The summed E-state index contributed by atoms with van der Waals surface area (Å²) < 4.78 is 103. The first-order valence-corrected chi connectivity index (χ1v) is 13.9. The third kappa shape index (κ3) is 8.85. The van der Waals surface area contributed by atoms with Gasteiger partial charge in [-0.05, 0) is 41.0 Å². The molecule has 2 rings (SSSR count). The maximum absolute atomic E-state index is 13.8. The molecule has 0 aliphatic carbocycles. The SMILES string of the molecule is C=CS(=O)(=O)Cc1cc(F)cc(CS(=O)(=O)OCCS(=O)(=O)Cc2cccc(F)c2)c1. The molecule has 0 unspecified atom stereocenters. The van der Waals surface area contributed by atoms with Crippen LogP contribution in [0.5, 0.6) is 0 Å². The fourth-order valence-corrected chi connectivity index (χ4v) is 5.68. The lowest BCUT2D eigenvalue weighted by Gasteiger charge is -2.09. The second-order valence-corrected chi connectivity index (χ2v) is 12.5. The molecule has 0 aliphatic heterocycles. The lowest BCUT2D eigenvalue weighted by Crippen LogP contribution is -2.18.